The molecule has 3 aromatic rings. The summed E-state index contributed by atoms with van der Waals surface area (Å²) in [6.07, 6.45) is 1.63. The first-order valence-corrected chi connectivity index (χ1v) is 11.9. The average Bonchev–Trinajstić information content (AvgIpc) is 3.61. The van der Waals surface area contributed by atoms with Gasteiger partial charge in [0, 0.05) is 23.5 Å². The molecule has 168 valence electrons. The minimum absolute atomic E-state index is 0.0816. The molecule has 0 amide bonds. The van der Waals surface area contributed by atoms with Crippen molar-refractivity contribution in [3.63, 3.8) is 0 Å². The number of nitrogens with one attached hydrogen (secondary N) is 1. The summed E-state index contributed by atoms with van der Waals surface area (Å²) >= 11 is 0. The Morgan fingerprint density at radius 2 is 1.52 bits per heavy atom. The van der Waals surface area contributed by atoms with E-state index in [0.29, 0.717) is 17.5 Å². The van der Waals surface area contributed by atoms with E-state index in [1.165, 1.54) is 42.5 Å². The second-order valence-corrected chi connectivity index (χ2v) is 9.75. The fourth-order valence-electron chi connectivity index (χ4n) is 3.59. The highest BCUT2D eigenvalue weighted by atomic mass is 32.2. The number of rotatable bonds is 8. The van der Waals surface area contributed by atoms with Crippen LogP contribution in [0.4, 0.5) is 4.39 Å². The second kappa shape index (κ2) is 9.11. The van der Waals surface area contributed by atoms with E-state index in [1.807, 2.05) is 6.92 Å². The molecular formula is C26H22FNO4S. The zero-order chi connectivity index (χ0) is 23.6. The van der Waals surface area contributed by atoms with Gasteiger partial charge in [0.1, 0.15) is 5.82 Å². The summed E-state index contributed by atoms with van der Waals surface area (Å²) < 4.78 is 41.5. The highest BCUT2D eigenvalue weighted by Gasteiger charge is 2.47. The predicted molar refractivity (Wildman–Crippen MR) is 123 cm³/mol. The van der Waals surface area contributed by atoms with Gasteiger partial charge in [-0.2, -0.15) is 0 Å². The number of carbonyl (C=O) groups excluding carboxylic acids is 2. The van der Waals surface area contributed by atoms with Crippen molar-refractivity contribution >= 4 is 27.3 Å². The summed E-state index contributed by atoms with van der Waals surface area (Å²) in [5.41, 5.74) is 1.95. The summed E-state index contributed by atoms with van der Waals surface area (Å²) in [7, 11) is -3.93. The lowest BCUT2D eigenvalue weighted by atomic mass is 10.0. The highest BCUT2D eigenvalue weighted by molar-refractivity contribution is 7.89. The van der Waals surface area contributed by atoms with Crippen molar-refractivity contribution in [2.75, 3.05) is 0 Å². The number of hydrogen-bond acceptors (Lipinski definition) is 4. The molecule has 4 rings (SSSR count). The summed E-state index contributed by atoms with van der Waals surface area (Å²) in [5.74, 6) is -2.02. The van der Waals surface area contributed by atoms with Crippen LogP contribution in [0.25, 0.3) is 5.70 Å². The van der Waals surface area contributed by atoms with Gasteiger partial charge < -0.3 is 0 Å². The quantitative estimate of drug-likeness (QED) is 0.393. The van der Waals surface area contributed by atoms with Crippen LogP contribution in [0.2, 0.25) is 0 Å². The van der Waals surface area contributed by atoms with Crippen LogP contribution >= 0.6 is 0 Å². The lowest BCUT2D eigenvalue weighted by Gasteiger charge is -2.12. The van der Waals surface area contributed by atoms with Crippen LogP contribution in [0.5, 0.6) is 0 Å². The Hall–Kier alpha value is -3.58. The third kappa shape index (κ3) is 5.26. The van der Waals surface area contributed by atoms with E-state index in [-0.39, 0.29) is 22.2 Å². The maximum Gasteiger partial charge on any atom is 0.261 e. The van der Waals surface area contributed by atoms with Crippen LogP contribution in [0, 0.1) is 24.6 Å². The first-order valence-electron chi connectivity index (χ1n) is 10.4. The zero-order valence-electron chi connectivity index (χ0n) is 17.9. The van der Waals surface area contributed by atoms with E-state index in [1.54, 1.807) is 42.5 Å². The first-order chi connectivity index (χ1) is 15.7. The molecule has 2 atom stereocenters. The Morgan fingerprint density at radius 3 is 2.15 bits per heavy atom. The van der Waals surface area contributed by atoms with E-state index >= 15 is 0 Å². The van der Waals surface area contributed by atoms with Gasteiger partial charge in [0.15, 0.2) is 11.6 Å². The predicted octanol–water partition coefficient (Wildman–Crippen LogP) is 4.54. The zero-order valence-corrected chi connectivity index (χ0v) is 18.7. The summed E-state index contributed by atoms with van der Waals surface area (Å²) in [4.78, 5) is 25.6. The molecule has 3 aromatic carbocycles. The molecule has 1 aliphatic rings. The Bertz CT molecular complexity index is 1310. The lowest BCUT2D eigenvalue weighted by molar-refractivity contribution is -0.115. The molecule has 0 saturated heterocycles. The van der Waals surface area contributed by atoms with Gasteiger partial charge in [0.2, 0.25) is 0 Å². The molecule has 7 heteroatoms. The van der Waals surface area contributed by atoms with E-state index < -0.39 is 27.7 Å². The Kier molecular flexibility index (Phi) is 6.24. The topological polar surface area (TPSA) is 80.3 Å². The number of benzene rings is 3. The van der Waals surface area contributed by atoms with Gasteiger partial charge in [-0.05, 0) is 55.3 Å². The summed E-state index contributed by atoms with van der Waals surface area (Å²) in [5, 5.41) is 0. The molecule has 5 nitrogen and oxygen atoms in total. The van der Waals surface area contributed by atoms with E-state index in [2.05, 4.69) is 4.72 Å². The molecule has 0 aromatic heterocycles. The smallest absolute Gasteiger partial charge is 0.261 e. The minimum Gasteiger partial charge on any atom is -0.294 e. The molecule has 0 aliphatic heterocycles. The van der Waals surface area contributed by atoms with Gasteiger partial charge in [-0.3, -0.25) is 14.3 Å². The fraction of sp³-hybridized carbons (Fsp3) is 0.154. The van der Waals surface area contributed by atoms with Crippen LogP contribution in [-0.2, 0) is 14.8 Å². The monoisotopic (exact) mass is 463 g/mol. The second-order valence-electron chi connectivity index (χ2n) is 8.06. The molecule has 0 unspecified atom stereocenters. The normalized spacial score (nSPS) is 17.9. The van der Waals surface area contributed by atoms with Crippen molar-refractivity contribution in [3.8, 4) is 0 Å². The van der Waals surface area contributed by atoms with Crippen molar-refractivity contribution < 1.29 is 22.4 Å². The van der Waals surface area contributed by atoms with Gasteiger partial charge >= 0.3 is 0 Å². The van der Waals surface area contributed by atoms with Crippen LogP contribution in [0.1, 0.15) is 27.9 Å². The van der Waals surface area contributed by atoms with Gasteiger partial charge in [0.25, 0.3) is 10.0 Å². The lowest BCUT2D eigenvalue weighted by Crippen LogP contribution is -2.23. The van der Waals surface area contributed by atoms with Crippen LogP contribution in [0.3, 0.4) is 0 Å². The molecule has 0 radical (unpaired) electrons. The van der Waals surface area contributed by atoms with Gasteiger partial charge in [0.05, 0.1) is 10.6 Å². The van der Waals surface area contributed by atoms with E-state index in [9.17, 15) is 22.4 Å². The van der Waals surface area contributed by atoms with E-state index in [0.717, 1.165) is 5.56 Å². The molecule has 1 aliphatic carbocycles. The molecule has 0 spiro atoms. The van der Waals surface area contributed by atoms with Crippen molar-refractivity contribution in [3.05, 3.63) is 107 Å². The van der Waals surface area contributed by atoms with Crippen LogP contribution < -0.4 is 4.72 Å². The Labute approximate surface area is 192 Å². The average molecular weight is 464 g/mol. The number of hydrogen-bond donors (Lipinski definition) is 1. The number of Topliss-reactive ketones (excluding diaryl/α,β-unsaturated/α-hetero) is 1. The van der Waals surface area contributed by atoms with Gasteiger partial charge in [-0.25, -0.2) is 12.8 Å². The highest BCUT2D eigenvalue weighted by Crippen LogP contribution is 2.42. The third-order valence-electron chi connectivity index (χ3n) is 5.57. The number of carbonyl (C=O) groups is 2. The molecule has 0 heterocycles. The summed E-state index contributed by atoms with van der Waals surface area (Å²) in [6, 6.07) is 20.3. The Balaban J connectivity index is 1.57. The maximum absolute atomic E-state index is 13.1. The number of halogens is 1. The van der Waals surface area contributed by atoms with Crippen molar-refractivity contribution in [1.29, 1.82) is 0 Å². The number of ketones is 2. The molecule has 0 bridgehead atoms. The number of allylic oxidation sites excluding steroid dienone is 1. The Morgan fingerprint density at radius 1 is 0.879 bits per heavy atom. The van der Waals surface area contributed by atoms with Gasteiger partial charge in [-0.1, -0.05) is 48.0 Å². The molecular weight excluding hydrogens is 441 g/mol. The molecule has 33 heavy (non-hydrogen) atoms. The molecule has 1 N–H and O–H groups in total. The van der Waals surface area contributed by atoms with Crippen LogP contribution in [-0.4, -0.2) is 20.0 Å². The standard InChI is InChI=1S/C26H22FNO4S/c1-17-7-13-21(14-8-17)33(31,32)28-24(18-5-3-2-4-6-18)16-25(29)22-15-23(22)26(30)19-9-11-20(27)12-10-19/h2-14,16,22-23,28H,15H2,1H3/b24-16-/t22-,23-/m1/s1. The number of aryl methyl sites for hydroxylation is 1. The van der Waals surface area contributed by atoms with Crippen LogP contribution in [0.15, 0.2) is 89.8 Å². The molecule has 1 fully saturated rings. The van der Waals surface area contributed by atoms with E-state index in [4.69, 9.17) is 0 Å². The first kappa shape index (κ1) is 22.6. The third-order valence-corrected chi connectivity index (χ3v) is 6.95. The van der Waals surface area contributed by atoms with Crippen molar-refractivity contribution in [2.45, 2.75) is 18.2 Å². The maximum atomic E-state index is 13.1. The van der Waals surface area contributed by atoms with Crippen molar-refractivity contribution in [2.24, 2.45) is 11.8 Å². The molecule has 1 saturated carbocycles. The largest absolute Gasteiger partial charge is 0.294 e. The van der Waals surface area contributed by atoms with Gasteiger partial charge in [-0.15, -0.1) is 0 Å². The summed E-state index contributed by atoms with van der Waals surface area (Å²) in [6.45, 7) is 1.86. The fourth-order valence-corrected chi connectivity index (χ4v) is 4.67. The number of sulfonamides is 1. The minimum atomic E-state index is -3.93. The van der Waals surface area contributed by atoms with Crippen molar-refractivity contribution in [1.82, 2.24) is 4.72 Å². The SMILES string of the molecule is Cc1ccc(S(=O)(=O)N/C(=C\C(=O)[C@@H]2C[C@H]2C(=O)c2ccc(F)cc2)c2ccccc2)cc1.